The van der Waals surface area contributed by atoms with Crippen molar-refractivity contribution >= 4 is 0 Å². The van der Waals surface area contributed by atoms with Gasteiger partial charge in [-0.15, -0.1) is 0 Å². The lowest BCUT2D eigenvalue weighted by Crippen LogP contribution is -2.52. The molecule has 1 saturated heterocycles. The first-order valence-electron chi connectivity index (χ1n) is 7.02. The summed E-state index contributed by atoms with van der Waals surface area (Å²) in [5.41, 5.74) is 0.735. The summed E-state index contributed by atoms with van der Waals surface area (Å²) in [4.78, 5) is 10.6. The molecule has 0 aromatic heterocycles. The summed E-state index contributed by atoms with van der Waals surface area (Å²) in [6, 6.07) is 0. The molecular weight excluding hydrogens is 212 g/mol. The third-order valence-electron chi connectivity index (χ3n) is 5.01. The van der Waals surface area contributed by atoms with E-state index in [0.29, 0.717) is 11.3 Å². The minimum atomic E-state index is 0.0343. The van der Waals surface area contributed by atoms with Crippen LogP contribution in [0, 0.1) is 22.2 Å². The summed E-state index contributed by atoms with van der Waals surface area (Å²) in [5, 5.41) is 0. The fourth-order valence-electron chi connectivity index (χ4n) is 4.14. The van der Waals surface area contributed by atoms with Gasteiger partial charge < -0.3 is 0 Å². The van der Waals surface area contributed by atoms with Gasteiger partial charge in [-0.3, -0.25) is 0 Å². The fourth-order valence-corrected chi connectivity index (χ4v) is 4.14. The lowest BCUT2D eigenvalue weighted by Gasteiger charge is -2.55. The molecule has 1 aliphatic heterocycles. The molecule has 2 fully saturated rings. The molecule has 1 aliphatic carbocycles. The van der Waals surface area contributed by atoms with E-state index in [1.807, 2.05) is 0 Å². The lowest BCUT2D eigenvalue weighted by atomic mass is 9.49. The normalized spacial score (nSPS) is 36.0. The number of hydrogen-bond donors (Lipinski definition) is 0. The first kappa shape index (κ1) is 13.4. The van der Waals surface area contributed by atoms with Crippen molar-refractivity contribution in [2.45, 2.75) is 73.5 Å². The van der Waals surface area contributed by atoms with Crippen molar-refractivity contribution in [2.75, 3.05) is 0 Å². The van der Waals surface area contributed by atoms with Crippen molar-refractivity contribution in [3.05, 3.63) is 0 Å². The van der Waals surface area contributed by atoms with Gasteiger partial charge in [-0.2, -0.15) is 9.78 Å². The third kappa shape index (κ3) is 2.15. The van der Waals surface area contributed by atoms with Crippen molar-refractivity contribution in [1.82, 2.24) is 0 Å². The lowest BCUT2D eigenvalue weighted by molar-refractivity contribution is -0.0942. The van der Waals surface area contributed by atoms with E-state index in [-0.39, 0.29) is 17.1 Å². The zero-order valence-electron chi connectivity index (χ0n) is 12.3. The van der Waals surface area contributed by atoms with Crippen LogP contribution in [-0.4, -0.2) is 6.29 Å². The van der Waals surface area contributed by atoms with Gasteiger partial charge in [-0.1, -0.05) is 54.4 Å². The Morgan fingerprint density at radius 3 is 1.94 bits per heavy atom. The van der Waals surface area contributed by atoms with Gasteiger partial charge >= 0.3 is 0 Å². The van der Waals surface area contributed by atoms with Crippen LogP contribution in [0.4, 0.5) is 0 Å². The Labute approximate surface area is 106 Å². The monoisotopic (exact) mass is 240 g/mol. The molecule has 2 heteroatoms. The fraction of sp³-hybridized carbons (Fsp3) is 1.00. The average molecular weight is 240 g/mol. The third-order valence-corrected chi connectivity index (χ3v) is 5.01. The molecule has 2 unspecified atom stereocenters. The highest BCUT2D eigenvalue weighted by atomic mass is 17.4. The van der Waals surface area contributed by atoms with Crippen molar-refractivity contribution in [1.29, 1.82) is 0 Å². The number of hydrogen-bond acceptors (Lipinski definition) is 2. The topological polar surface area (TPSA) is 25.1 Å². The molecule has 1 saturated carbocycles. The van der Waals surface area contributed by atoms with Crippen molar-refractivity contribution in [3.63, 3.8) is 0 Å². The largest absolute Gasteiger partial charge is 0.230 e. The Balaban J connectivity index is 2.40. The maximum atomic E-state index is 5.30. The second-order valence-corrected chi connectivity index (χ2v) is 7.98. The molecule has 1 heterocycles. The van der Waals surface area contributed by atoms with Crippen LogP contribution in [0.15, 0.2) is 0 Å². The molecule has 2 aliphatic rings. The van der Waals surface area contributed by atoms with Crippen LogP contribution >= 0.6 is 0 Å². The van der Waals surface area contributed by atoms with E-state index in [4.69, 9.17) is 9.78 Å². The first-order valence-corrected chi connectivity index (χ1v) is 7.02. The van der Waals surface area contributed by atoms with E-state index in [2.05, 4.69) is 41.5 Å². The highest BCUT2D eigenvalue weighted by Gasteiger charge is 2.63. The molecule has 0 aromatic rings. The second kappa shape index (κ2) is 3.96. The van der Waals surface area contributed by atoms with Crippen LogP contribution in [0.25, 0.3) is 0 Å². The first-order chi connectivity index (χ1) is 7.69. The molecule has 17 heavy (non-hydrogen) atoms. The Morgan fingerprint density at radius 1 is 0.941 bits per heavy atom. The van der Waals surface area contributed by atoms with E-state index in [1.54, 1.807) is 0 Å². The predicted octanol–water partition coefficient (Wildman–Crippen LogP) is 4.54. The summed E-state index contributed by atoms with van der Waals surface area (Å²) >= 11 is 0. The van der Waals surface area contributed by atoms with Crippen molar-refractivity contribution in [2.24, 2.45) is 22.2 Å². The summed E-state index contributed by atoms with van der Waals surface area (Å²) < 4.78 is 0. The van der Waals surface area contributed by atoms with Gasteiger partial charge in [0, 0.05) is 5.41 Å². The molecule has 0 spiro atoms. The summed E-state index contributed by atoms with van der Waals surface area (Å²) in [7, 11) is 0. The van der Waals surface area contributed by atoms with Gasteiger partial charge in [0.1, 0.15) is 0 Å². The maximum absolute atomic E-state index is 5.30. The molecule has 2 nitrogen and oxygen atoms in total. The van der Waals surface area contributed by atoms with E-state index in [0.717, 1.165) is 0 Å². The van der Waals surface area contributed by atoms with E-state index in [9.17, 15) is 0 Å². The second-order valence-electron chi connectivity index (χ2n) is 7.98. The maximum Gasteiger partial charge on any atom is 0.230 e. The molecule has 0 amide bonds. The van der Waals surface area contributed by atoms with Crippen LogP contribution in [0.5, 0.6) is 0 Å². The Hall–Kier alpha value is -0.0800. The van der Waals surface area contributed by atoms with Crippen LogP contribution in [0.1, 0.15) is 67.2 Å². The highest BCUT2D eigenvalue weighted by molar-refractivity contribution is 5.04. The van der Waals surface area contributed by atoms with Gasteiger partial charge in [0.25, 0.3) is 0 Å². The summed E-state index contributed by atoms with van der Waals surface area (Å²) in [5.74, 6) is 0.677. The molecule has 0 radical (unpaired) electrons. The Morgan fingerprint density at radius 2 is 1.53 bits per heavy atom. The van der Waals surface area contributed by atoms with Crippen molar-refractivity contribution in [3.8, 4) is 0 Å². The van der Waals surface area contributed by atoms with E-state index in [1.165, 1.54) is 25.7 Å². The van der Waals surface area contributed by atoms with Crippen LogP contribution in [-0.2, 0) is 9.78 Å². The van der Waals surface area contributed by atoms with Crippen LogP contribution in [0.3, 0.4) is 0 Å². The minimum absolute atomic E-state index is 0.0343. The molecule has 100 valence electrons. The van der Waals surface area contributed by atoms with Gasteiger partial charge in [0.2, 0.25) is 6.29 Å². The summed E-state index contributed by atoms with van der Waals surface area (Å²) in [6.45, 7) is 14.1. The quantitative estimate of drug-likeness (QED) is 0.496. The van der Waals surface area contributed by atoms with E-state index >= 15 is 0 Å². The molecular formula is C15H28O2. The molecule has 0 N–H and O–H groups in total. The van der Waals surface area contributed by atoms with E-state index < -0.39 is 0 Å². The standard InChI is InChI=1S/C15H28O2/c1-13(2,3)11-9-7-8-10-15(11,12-16-17-12)14(4,5)6/h11-12H,7-10H2,1-6H3. The zero-order chi connectivity index (χ0) is 12.9. The molecule has 0 bridgehead atoms. The molecule has 0 aromatic carbocycles. The Kier molecular flexibility index (Phi) is 3.11. The number of rotatable bonds is 1. The zero-order valence-corrected chi connectivity index (χ0v) is 12.3. The highest BCUT2D eigenvalue weighted by Crippen LogP contribution is 2.63. The molecule has 2 atom stereocenters. The minimum Gasteiger partial charge on any atom is -0.198 e. The van der Waals surface area contributed by atoms with Gasteiger partial charge in [-0.25, -0.2) is 0 Å². The SMILES string of the molecule is CC(C)(C)C1CCCCC1(C1OO1)C(C)(C)C. The van der Waals surface area contributed by atoms with Crippen LogP contribution < -0.4 is 0 Å². The average Bonchev–Trinajstić information content (AvgIpc) is 2.97. The van der Waals surface area contributed by atoms with Gasteiger partial charge in [0.15, 0.2) is 0 Å². The molecule has 2 rings (SSSR count). The summed E-state index contributed by atoms with van der Waals surface area (Å²) in [6.07, 6.45) is 5.25. The van der Waals surface area contributed by atoms with Gasteiger partial charge in [0.05, 0.1) is 0 Å². The van der Waals surface area contributed by atoms with Crippen LogP contribution in [0.2, 0.25) is 0 Å². The smallest absolute Gasteiger partial charge is 0.198 e. The van der Waals surface area contributed by atoms with Gasteiger partial charge in [-0.05, 0) is 29.6 Å². The van der Waals surface area contributed by atoms with Crippen molar-refractivity contribution < 1.29 is 9.78 Å². The Bertz CT molecular complexity index is 280. The predicted molar refractivity (Wildman–Crippen MR) is 69.3 cm³/mol.